The smallest absolute Gasteiger partial charge is 0.253 e. The number of hydrogen-bond donors (Lipinski definition) is 1. The molecule has 1 aliphatic carbocycles. The predicted octanol–water partition coefficient (Wildman–Crippen LogP) is 4.24. The molecule has 6 heteroatoms. The lowest BCUT2D eigenvalue weighted by Crippen LogP contribution is -2.54. The molecular weight excluding hydrogens is 372 g/mol. The summed E-state index contributed by atoms with van der Waals surface area (Å²) >= 11 is 6.59. The summed E-state index contributed by atoms with van der Waals surface area (Å²) in [6, 6.07) is 7.46. The number of nitrogens with zero attached hydrogens (tertiary/aromatic N) is 3. The summed E-state index contributed by atoms with van der Waals surface area (Å²) in [5.41, 5.74) is 6.86. The van der Waals surface area contributed by atoms with Crippen LogP contribution in [0.4, 0.5) is 0 Å². The Morgan fingerprint density at radius 1 is 1.43 bits per heavy atom. The molecule has 2 N–H and O–H groups in total. The van der Waals surface area contributed by atoms with Crippen molar-refractivity contribution in [2.24, 2.45) is 5.73 Å². The van der Waals surface area contributed by atoms with Gasteiger partial charge in [-0.3, -0.25) is 4.79 Å². The van der Waals surface area contributed by atoms with Crippen LogP contribution in [0.25, 0.3) is 0 Å². The van der Waals surface area contributed by atoms with Gasteiger partial charge in [-0.05, 0) is 44.0 Å². The summed E-state index contributed by atoms with van der Waals surface area (Å²) in [7, 11) is 1.89. The average molecular weight is 399 g/mol. The maximum absolute atomic E-state index is 13.9. The van der Waals surface area contributed by atoms with E-state index in [0.717, 1.165) is 31.4 Å². The standard InChI is InChI=1S/C22H27ClN4O/c1-3-27-18(15-25)11-12-22(27,19-10-9-16(14-24)13-20(19)23)21(28)26(2)17-7-5-4-6-8-17/h3,9-10,13,15,17H,1,4-8,11-12,25H2,2H3/b18-15-. The number of allylic oxidation sites excluding steroid dienone is 1. The van der Waals surface area contributed by atoms with Crippen LogP contribution >= 0.6 is 11.6 Å². The lowest BCUT2D eigenvalue weighted by molar-refractivity contribution is -0.143. The van der Waals surface area contributed by atoms with Gasteiger partial charge in [0, 0.05) is 35.6 Å². The number of rotatable bonds is 4. The molecule has 0 bridgehead atoms. The lowest BCUT2D eigenvalue weighted by Gasteiger charge is -2.43. The molecule has 1 atom stereocenters. The topological polar surface area (TPSA) is 73.4 Å². The van der Waals surface area contributed by atoms with E-state index in [1.54, 1.807) is 24.4 Å². The Morgan fingerprint density at radius 2 is 2.14 bits per heavy atom. The first-order chi connectivity index (χ1) is 13.5. The zero-order valence-electron chi connectivity index (χ0n) is 16.3. The Morgan fingerprint density at radius 3 is 2.71 bits per heavy atom. The molecule has 0 spiro atoms. The molecule has 1 aliphatic heterocycles. The Balaban J connectivity index is 2.11. The highest BCUT2D eigenvalue weighted by Crippen LogP contribution is 2.48. The van der Waals surface area contributed by atoms with E-state index in [-0.39, 0.29) is 11.9 Å². The van der Waals surface area contributed by atoms with Crippen LogP contribution in [0.2, 0.25) is 5.02 Å². The average Bonchev–Trinajstić information content (AvgIpc) is 3.12. The fourth-order valence-electron chi connectivity index (χ4n) is 4.67. The minimum Gasteiger partial charge on any atom is -0.403 e. The monoisotopic (exact) mass is 398 g/mol. The lowest BCUT2D eigenvalue weighted by atomic mass is 9.84. The summed E-state index contributed by atoms with van der Waals surface area (Å²) in [5, 5.41) is 9.60. The molecule has 1 heterocycles. The summed E-state index contributed by atoms with van der Waals surface area (Å²) in [6.45, 7) is 3.94. The van der Waals surface area contributed by atoms with Gasteiger partial charge >= 0.3 is 0 Å². The van der Waals surface area contributed by atoms with Crippen LogP contribution in [0.15, 0.2) is 42.9 Å². The molecule has 1 saturated carbocycles. The SMILES string of the molecule is C=CN1/C(=C\N)CCC1(C(=O)N(C)C1CCCCC1)c1ccc(C#N)cc1Cl. The second kappa shape index (κ2) is 8.28. The fraction of sp³-hybridized carbons (Fsp3) is 0.455. The van der Waals surface area contributed by atoms with Crippen LogP contribution in [0.5, 0.6) is 0 Å². The van der Waals surface area contributed by atoms with E-state index in [1.165, 1.54) is 12.6 Å². The second-order valence-electron chi connectivity index (χ2n) is 7.59. The first-order valence-electron chi connectivity index (χ1n) is 9.79. The largest absolute Gasteiger partial charge is 0.403 e. The third-order valence-corrected chi connectivity index (χ3v) is 6.49. The van der Waals surface area contributed by atoms with Gasteiger partial charge in [-0.1, -0.05) is 43.5 Å². The van der Waals surface area contributed by atoms with Gasteiger partial charge in [-0.25, -0.2) is 0 Å². The highest BCUT2D eigenvalue weighted by atomic mass is 35.5. The van der Waals surface area contributed by atoms with Crippen LogP contribution < -0.4 is 5.73 Å². The molecule has 28 heavy (non-hydrogen) atoms. The number of amides is 1. The molecule has 1 amide bonds. The molecule has 1 unspecified atom stereocenters. The number of halogens is 1. The van der Waals surface area contributed by atoms with Crippen LogP contribution in [-0.4, -0.2) is 28.8 Å². The van der Waals surface area contributed by atoms with Gasteiger partial charge in [-0.2, -0.15) is 5.26 Å². The van der Waals surface area contributed by atoms with Crippen LogP contribution in [0.3, 0.4) is 0 Å². The first kappa shape index (κ1) is 20.3. The van der Waals surface area contributed by atoms with E-state index in [0.29, 0.717) is 29.0 Å². The Labute approximate surface area is 172 Å². The number of carbonyl (C=O) groups excluding carboxylic acids is 1. The molecule has 1 aromatic carbocycles. The van der Waals surface area contributed by atoms with Gasteiger partial charge in [0.25, 0.3) is 5.91 Å². The molecule has 2 fully saturated rings. The molecule has 1 saturated heterocycles. The number of nitriles is 1. The van der Waals surface area contributed by atoms with Crippen LogP contribution in [-0.2, 0) is 10.3 Å². The Hall–Kier alpha value is -2.45. The molecule has 0 aromatic heterocycles. The Bertz CT molecular complexity index is 837. The number of likely N-dealkylation sites (N-methyl/N-ethyl adjacent to an activating group) is 1. The van der Waals surface area contributed by atoms with Gasteiger partial charge in [0.05, 0.1) is 11.6 Å². The molecule has 0 radical (unpaired) electrons. The van der Waals surface area contributed by atoms with Crippen molar-refractivity contribution in [3.63, 3.8) is 0 Å². The predicted molar refractivity (Wildman–Crippen MR) is 111 cm³/mol. The summed E-state index contributed by atoms with van der Waals surface area (Å²) in [4.78, 5) is 17.7. The van der Waals surface area contributed by atoms with E-state index in [4.69, 9.17) is 17.3 Å². The van der Waals surface area contributed by atoms with E-state index in [9.17, 15) is 10.1 Å². The van der Waals surface area contributed by atoms with Gasteiger partial charge in [0.2, 0.25) is 0 Å². The van der Waals surface area contributed by atoms with E-state index in [1.807, 2.05) is 16.8 Å². The van der Waals surface area contributed by atoms with Crippen molar-refractivity contribution >= 4 is 17.5 Å². The summed E-state index contributed by atoms with van der Waals surface area (Å²) < 4.78 is 0. The zero-order chi connectivity index (χ0) is 20.3. The van der Waals surface area contributed by atoms with Crippen molar-refractivity contribution in [3.05, 3.63) is 59.0 Å². The second-order valence-corrected chi connectivity index (χ2v) is 7.99. The van der Waals surface area contributed by atoms with Crippen molar-refractivity contribution in [2.75, 3.05) is 7.05 Å². The third kappa shape index (κ3) is 3.27. The molecule has 3 rings (SSSR count). The molecular formula is C22H27ClN4O. The van der Waals surface area contributed by atoms with E-state index in [2.05, 4.69) is 12.6 Å². The summed E-state index contributed by atoms with van der Waals surface area (Å²) in [5.74, 6) is 0.00255. The van der Waals surface area contributed by atoms with Crippen molar-refractivity contribution < 1.29 is 4.79 Å². The highest BCUT2D eigenvalue weighted by Gasteiger charge is 2.52. The molecule has 148 valence electrons. The first-order valence-corrected chi connectivity index (χ1v) is 10.2. The number of benzene rings is 1. The zero-order valence-corrected chi connectivity index (χ0v) is 17.1. The molecule has 1 aromatic rings. The normalized spacial score (nSPS) is 24.2. The van der Waals surface area contributed by atoms with Crippen molar-refractivity contribution in [1.29, 1.82) is 5.26 Å². The van der Waals surface area contributed by atoms with Gasteiger partial charge in [-0.15, -0.1) is 0 Å². The summed E-state index contributed by atoms with van der Waals surface area (Å²) in [6.07, 6.45) is 9.97. The number of carbonyl (C=O) groups is 1. The van der Waals surface area contributed by atoms with Crippen LogP contribution in [0, 0.1) is 11.3 Å². The molecule has 5 nitrogen and oxygen atoms in total. The number of nitrogens with two attached hydrogens (primary N) is 1. The van der Waals surface area contributed by atoms with Crippen molar-refractivity contribution in [2.45, 2.75) is 56.5 Å². The maximum Gasteiger partial charge on any atom is 0.253 e. The number of likely N-dealkylation sites (tertiary alicyclic amines) is 1. The van der Waals surface area contributed by atoms with Crippen LogP contribution in [0.1, 0.15) is 56.1 Å². The number of hydrogen-bond acceptors (Lipinski definition) is 4. The quantitative estimate of drug-likeness (QED) is 0.823. The van der Waals surface area contributed by atoms with Crippen molar-refractivity contribution in [1.82, 2.24) is 9.80 Å². The fourth-order valence-corrected chi connectivity index (χ4v) is 5.00. The van der Waals surface area contributed by atoms with Crippen molar-refractivity contribution in [3.8, 4) is 6.07 Å². The van der Waals surface area contributed by atoms with Gasteiger partial charge in [0.15, 0.2) is 5.54 Å². The Kier molecular flexibility index (Phi) is 6.00. The minimum absolute atomic E-state index is 0.00255. The highest BCUT2D eigenvalue weighted by molar-refractivity contribution is 6.32. The minimum atomic E-state index is -0.996. The molecule has 2 aliphatic rings. The van der Waals surface area contributed by atoms with Gasteiger partial charge < -0.3 is 15.5 Å². The van der Waals surface area contributed by atoms with Gasteiger partial charge in [0.1, 0.15) is 0 Å². The van der Waals surface area contributed by atoms with E-state index < -0.39 is 5.54 Å². The van der Waals surface area contributed by atoms with E-state index >= 15 is 0 Å². The third-order valence-electron chi connectivity index (χ3n) is 6.18. The maximum atomic E-state index is 13.9.